The van der Waals surface area contributed by atoms with Gasteiger partial charge in [-0.2, -0.15) is 0 Å². The molecule has 1 aromatic carbocycles. The molecule has 2 aromatic rings. The SMILES string of the molecule is O=C(COc1ccccc1-c1nccn1[C@@H]1CCNC1)N1CCCCC1. The minimum Gasteiger partial charge on any atom is -0.483 e. The van der Waals surface area contributed by atoms with E-state index in [1.54, 1.807) is 0 Å². The first kappa shape index (κ1) is 17.1. The summed E-state index contributed by atoms with van der Waals surface area (Å²) in [6.07, 6.45) is 8.36. The highest BCUT2D eigenvalue weighted by atomic mass is 16.5. The number of para-hydroxylation sites is 1. The van der Waals surface area contributed by atoms with Crippen LogP contribution in [0.2, 0.25) is 0 Å². The number of carbonyl (C=O) groups excluding carboxylic acids is 1. The molecule has 26 heavy (non-hydrogen) atoms. The Morgan fingerprint density at radius 2 is 2.08 bits per heavy atom. The van der Waals surface area contributed by atoms with E-state index < -0.39 is 0 Å². The molecule has 4 rings (SSSR count). The van der Waals surface area contributed by atoms with Gasteiger partial charge in [-0.25, -0.2) is 4.98 Å². The van der Waals surface area contributed by atoms with Gasteiger partial charge in [0.2, 0.25) is 0 Å². The molecular formula is C20H26N4O2. The number of benzene rings is 1. The summed E-state index contributed by atoms with van der Waals surface area (Å²) in [6, 6.07) is 8.28. The summed E-state index contributed by atoms with van der Waals surface area (Å²) in [7, 11) is 0. The van der Waals surface area contributed by atoms with Crippen molar-refractivity contribution in [3.8, 4) is 17.1 Å². The van der Waals surface area contributed by atoms with Crippen LogP contribution in [0.3, 0.4) is 0 Å². The maximum atomic E-state index is 12.4. The van der Waals surface area contributed by atoms with Crippen molar-refractivity contribution in [2.75, 3.05) is 32.8 Å². The van der Waals surface area contributed by atoms with Crippen molar-refractivity contribution < 1.29 is 9.53 Å². The quantitative estimate of drug-likeness (QED) is 0.896. The largest absolute Gasteiger partial charge is 0.483 e. The summed E-state index contributed by atoms with van der Waals surface area (Å²) < 4.78 is 8.15. The van der Waals surface area contributed by atoms with Gasteiger partial charge >= 0.3 is 0 Å². The van der Waals surface area contributed by atoms with Crippen molar-refractivity contribution in [2.45, 2.75) is 31.7 Å². The first-order valence-electron chi connectivity index (χ1n) is 9.56. The van der Waals surface area contributed by atoms with E-state index in [4.69, 9.17) is 4.74 Å². The molecule has 1 atom stereocenters. The first-order chi connectivity index (χ1) is 12.8. The third-order valence-corrected chi connectivity index (χ3v) is 5.28. The van der Waals surface area contributed by atoms with Crippen LogP contribution < -0.4 is 10.1 Å². The summed E-state index contributed by atoms with van der Waals surface area (Å²) in [4.78, 5) is 18.9. The Morgan fingerprint density at radius 1 is 1.23 bits per heavy atom. The standard InChI is InChI=1S/C20H26N4O2/c25-19(23-11-4-1-5-12-23)15-26-18-7-3-2-6-17(18)20-22-10-13-24(20)16-8-9-21-14-16/h2-3,6-7,10,13,16,21H,1,4-5,8-9,11-12,14-15H2/t16-/m1/s1. The monoisotopic (exact) mass is 354 g/mol. The summed E-state index contributed by atoms with van der Waals surface area (Å²) in [5.74, 6) is 1.69. The zero-order chi connectivity index (χ0) is 17.8. The fraction of sp³-hybridized carbons (Fsp3) is 0.500. The maximum Gasteiger partial charge on any atom is 0.260 e. The van der Waals surface area contributed by atoms with E-state index >= 15 is 0 Å². The minimum atomic E-state index is 0.0721. The van der Waals surface area contributed by atoms with Gasteiger partial charge in [0.25, 0.3) is 5.91 Å². The number of hydrogen-bond donors (Lipinski definition) is 1. The number of nitrogens with zero attached hydrogens (tertiary/aromatic N) is 3. The van der Waals surface area contributed by atoms with Crippen molar-refractivity contribution in [2.24, 2.45) is 0 Å². The molecule has 0 bridgehead atoms. The number of nitrogens with one attached hydrogen (secondary N) is 1. The average Bonchev–Trinajstić information content (AvgIpc) is 3.38. The highest BCUT2D eigenvalue weighted by Crippen LogP contribution is 2.31. The number of amides is 1. The van der Waals surface area contributed by atoms with Crippen LogP contribution in [-0.2, 0) is 4.79 Å². The van der Waals surface area contributed by atoms with E-state index in [1.807, 2.05) is 41.6 Å². The normalized spacial score (nSPS) is 20.3. The van der Waals surface area contributed by atoms with Gasteiger partial charge in [0, 0.05) is 38.1 Å². The zero-order valence-electron chi connectivity index (χ0n) is 15.1. The van der Waals surface area contributed by atoms with Crippen LogP contribution in [0.25, 0.3) is 11.4 Å². The van der Waals surface area contributed by atoms with E-state index in [1.165, 1.54) is 6.42 Å². The first-order valence-corrected chi connectivity index (χ1v) is 9.56. The molecule has 1 N–H and O–H groups in total. The molecule has 1 amide bonds. The molecule has 3 heterocycles. The topological polar surface area (TPSA) is 59.4 Å². The van der Waals surface area contributed by atoms with Gasteiger partial charge in [0.15, 0.2) is 6.61 Å². The molecule has 2 aliphatic rings. The molecule has 0 saturated carbocycles. The van der Waals surface area contributed by atoms with Gasteiger partial charge < -0.3 is 19.5 Å². The highest BCUT2D eigenvalue weighted by molar-refractivity contribution is 5.78. The van der Waals surface area contributed by atoms with Crippen molar-refractivity contribution in [1.82, 2.24) is 19.8 Å². The number of aromatic nitrogens is 2. The average molecular weight is 354 g/mol. The Hall–Kier alpha value is -2.34. The molecule has 0 unspecified atom stereocenters. The maximum absolute atomic E-state index is 12.4. The number of hydrogen-bond acceptors (Lipinski definition) is 4. The molecular weight excluding hydrogens is 328 g/mol. The van der Waals surface area contributed by atoms with Crippen LogP contribution in [-0.4, -0.2) is 53.1 Å². The molecule has 2 aliphatic heterocycles. The molecule has 0 aliphatic carbocycles. The molecule has 6 nitrogen and oxygen atoms in total. The predicted octanol–water partition coefficient (Wildman–Crippen LogP) is 2.48. The molecule has 0 radical (unpaired) electrons. The van der Waals surface area contributed by atoms with E-state index in [0.29, 0.717) is 6.04 Å². The van der Waals surface area contributed by atoms with Crippen molar-refractivity contribution in [3.63, 3.8) is 0 Å². The Kier molecular flexibility index (Phi) is 5.20. The van der Waals surface area contributed by atoms with Crippen LogP contribution in [0.15, 0.2) is 36.7 Å². The fourth-order valence-electron chi connectivity index (χ4n) is 3.84. The fourth-order valence-corrected chi connectivity index (χ4v) is 3.84. The van der Waals surface area contributed by atoms with E-state index in [-0.39, 0.29) is 12.5 Å². The predicted molar refractivity (Wildman–Crippen MR) is 100 cm³/mol. The minimum absolute atomic E-state index is 0.0721. The second kappa shape index (κ2) is 7.91. The molecule has 0 spiro atoms. The summed E-state index contributed by atoms with van der Waals surface area (Å²) in [5.41, 5.74) is 0.941. The third kappa shape index (κ3) is 3.60. The number of imidazole rings is 1. The summed E-state index contributed by atoms with van der Waals surface area (Å²) in [6.45, 7) is 3.78. The lowest BCUT2D eigenvalue weighted by atomic mass is 10.1. The van der Waals surface area contributed by atoms with Gasteiger partial charge in [-0.3, -0.25) is 4.79 Å². The van der Waals surface area contributed by atoms with E-state index in [2.05, 4.69) is 14.9 Å². The molecule has 2 saturated heterocycles. The molecule has 2 fully saturated rings. The van der Waals surface area contributed by atoms with E-state index in [0.717, 1.165) is 62.6 Å². The van der Waals surface area contributed by atoms with Gasteiger partial charge in [0.1, 0.15) is 11.6 Å². The van der Waals surface area contributed by atoms with Crippen molar-refractivity contribution in [3.05, 3.63) is 36.7 Å². The number of ether oxygens (including phenoxy) is 1. The van der Waals surface area contributed by atoms with Gasteiger partial charge in [-0.15, -0.1) is 0 Å². The van der Waals surface area contributed by atoms with Crippen molar-refractivity contribution in [1.29, 1.82) is 0 Å². The van der Waals surface area contributed by atoms with Crippen molar-refractivity contribution >= 4 is 5.91 Å². The lowest BCUT2D eigenvalue weighted by Gasteiger charge is -2.26. The third-order valence-electron chi connectivity index (χ3n) is 5.28. The van der Waals surface area contributed by atoms with Crippen LogP contribution >= 0.6 is 0 Å². The molecule has 1 aromatic heterocycles. The van der Waals surface area contributed by atoms with Crippen LogP contribution in [0.4, 0.5) is 0 Å². The molecule has 138 valence electrons. The Morgan fingerprint density at radius 3 is 2.88 bits per heavy atom. The van der Waals surface area contributed by atoms with Crippen LogP contribution in [0.5, 0.6) is 5.75 Å². The van der Waals surface area contributed by atoms with Gasteiger partial charge in [0.05, 0.1) is 5.56 Å². The second-order valence-electron chi connectivity index (χ2n) is 7.03. The Balaban J connectivity index is 1.50. The van der Waals surface area contributed by atoms with Gasteiger partial charge in [-0.05, 0) is 44.4 Å². The number of rotatable bonds is 5. The van der Waals surface area contributed by atoms with Crippen LogP contribution in [0, 0.1) is 0 Å². The highest BCUT2D eigenvalue weighted by Gasteiger charge is 2.22. The Labute approximate surface area is 154 Å². The Bertz CT molecular complexity index is 746. The smallest absolute Gasteiger partial charge is 0.260 e. The second-order valence-corrected chi connectivity index (χ2v) is 7.03. The number of likely N-dealkylation sites (tertiary alicyclic amines) is 1. The molecule has 6 heteroatoms. The summed E-state index contributed by atoms with van der Waals surface area (Å²) in [5, 5.41) is 3.40. The number of carbonyl (C=O) groups is 1. The van der Waals surface area contributed by atoms with Crippen LogP contribution in [0.1, 0.15) is 31.7 Å². The van der Waals surface area contributed by atoms with E-state index in [9.17, 15) is 4.79 Å². The van der Waals surface area contributed by atoms with Gasteiger partial charge in [-0.1, -0.05) is 12.1 Å². The lowest BCUT2D eigenvalue weighted by molar-refractivity contribution is -0.134. The zero-order valence-corrected chi connectivity index (χ0v) is 15.1. The lowest BCUT2D eigenvalue weighted by Crippen LogP contribution is -2.38. The summed E-state index contributed by atoms with van der Waals surface area (Å²) >= 11 is 0. The number of piperidine rings is 1.